The lowest BCUT2D eigenvalue weighted by Crippen LogP contribution is -2.10. The van der Waals surface area contributed by atoms with Crippen LogP contribution in [0.2, 0.25) is 0 Å². The standard InChI is InChI=1S/C17H11FO2S2/c18-13-3-5-14(6-4-13)20-17(19)16(12-7-9-21-11-12)10-15-2-1-8-22-15/h1-11H/b16-10+. The van der Waals surface area contributed by atoms with Crippen molar-refractivity contribution in [3.63, 3.8) is 0 Å². The molecule has 0 spiro atoms. The molecule has 0 saturated heterocycles. The van der Waals surface area contributed by atoms with Crippen molar-refractivity contribution in [2.24, 2.45) is 0 Å². The van der Waals surface area contributed by atoms with Crippen LogP contribution in [-0.4, -0.2) is 5.97 Å². The molecule has 1 aromatic carbocycles. The molecule has 3 rings (SSSR count). The van der Waals surface area contributed by atoms with E-state index in [1.54, 1.807) is 17.4 Å². The summed E-state index contributed by atoms with van der Waals surface area (Å²) in [7, 11) is 0. The quantitative estimate of drug-likeness (QED) is 0.378. The number of ether oxygens (including phenoxy) is 1. The highest BCUT2D eigenvalue weighted by Crippen LogP contribution is 2.25. The van der Waals surface area contributed by atoms with E-state index in [1.807, 2.05) is 34.3 Å². The Morgan fingerprint density at radius 2 is 1.91 bits per heavy atom. The van der Waals surface area contributed by atoms with Crippen LogP contribution in [0, 0.1) is 5.82 Å². The van der Waals surface area contributed by atoms with E-state index in [1.165, 1.54) is 35.6 Å². The van der Waals surface area contributed by atoms with Gasteiger partial charge in [-0.2, -0.15) is 11.3 Å². The first-order chi connectivity index (χ1) is 10.7. The minimum absolute atomic E-state index is 0.318. The van der Waals surface area contributed by atoms with E-state index >= 15 is 0 Å². The molecule has 0 aliphatic carbocycles. The molecule has 3 aromatic rings. The van der Waals surface area contributed by atoms with Crippen LogP contribution in [0.1, 0.15) is 10.4 Å². The first-order valence-electron chi connectivity index (χ1n) is 6.48. The highest BCUT2D eigenvalue weighted by molar-refractivity contribution is 7.11. The summed E-state index contributed by atoms with van der Waals surface area (Å²) < 4.78 is 18.2. The Kier molecular flexibility index (Phi) is 4.46. The molecule has 0 aliphatic rings. The zero-order valence-corrected chi connectivity index (χ0v) is 13.0. The number of esters is 1. The summed E-state index contributed by atoms with van der Waals surface area (Å²) in [5.41, 5.74) is 1.29. The average molecular weight is 330 g/mol. The van der Waals surface area contributed by atoms with E-state index in [9.17, 15) is 9.18 Å². The maximum Gasteiger partial charge on any atom is 0.344 e. The number of hydrogen-bond acceptors (Lipinski definition) is 4. The van der Waals surface area contributed by atoms with Gasteiger partial charge in [-0.3, -0.25) is 0 Å². The second kappa shape index (κ2) is 6.68. The molecule has 0 N–H and O–H groups in total. The minimum Gasteiger partial charge on any atom is -0.423 e. The summed E-state index contributed by atoms with van der Waals surface area (Å²) >= 11 is 3.06. The summed E-state index contributed by atoms with van der Waals surface area (Å²) in [6.45, 7) is 0. The number of carbonyl (C=O) groups excluding carboxylic acids is 1. The number of carbonyl (C=O) groups is 1. The lowest BCUT2D eigenvalue weighted by molar-refractivity contribution is -0.127. The molecule has 22 heavy (non-hydrogen) atoms. The van der Waals surface area contributed by atoms with Gasteiger partial charge in [0.05, 0.1) is 5.57 Å². The van der Waals surface area contributed by atoms with E-state index in [2.05, 4.69) is 0 Å². The molecule has 2 aromatic heterocycles. The lowest BCUT2D eigenvalue weighted by atomic mass is 10.1. The maximum absolute atomic E-state index is 12.9. The van der Waals surface area contributed by atoms with Gasteiger partial charge in [0, 0.05) is 4.88 Å². The van der Waals surface area contributed by atoms with E-state index in [4.69, 9.17) is 4.74 Å². The fourth-order valence-electron chi connectivity index (χ4n) is 1.86. The largest absolute Gasteiger partial charge is 0.423 e. The van der Waals surface area contributed by atoms with Gasteiger partial charge in [0.2, 0.25) is 0 Å². The van der Waals surface area contributed by atoms with Gasteiger partial charge in [0.15, 0.2) is 0 Å². The summed E-state index contributed by atoms with van der Waals surface area (Å²) in [6.07, 6.45) is 1.80. The van der Waals surface area contributed by atoms with Crippen molar-refractivity contribution in [2.45, 2.75) is 0 Å². The summed E-state index contributed by atoms with van der Waals surface area (Å²) in [4.78, 5) is 13.4. The van der Waals surface area contributed by atoms with Gasteiger partial charge < -0.3 is 4.74 Å². The molecule has 0 amide bonds. The molecule has 0 atom stereocenters. The number of hydrogen-bond donors (Lipinski definition) is 0. The SMILES string of the molecule is O=C(Oc1ccc(F)cc1)/C(=C/c1cccs1)c1ccsc1. The second-order valence-electron chi connectivity index (χ2n) is 4.43. The molecule has 2 nitrogen and oxygen atoms in total. The van der Waals surface area contributed by atoms with Crippen LogP contribution in [0.3, 0.4) is 0 Å². The van der Waals surface area contributed by atoms with Gasteiger partial charge in [0.25, 0.3) is 0 Å². The third-order valence-corrected chi connectivity index (χ3v) is 4.41. The Labute approximate surface area is 135 Å². The van der Waals surface area contributed by atoms with Gasteiger partial charge in [-0.15, -0.1) is 11.3 Å². The van der Waals surface area contributed by atoms with Crippen LogP contribution >= 0.6 is 22.7 Å². The molecular weight excluding hydrogens is 319 g/mol. The predicted molar refractivity (Wildman–Crippen MR) is 88.5 cm³/mol. The fourth-order valence-corrected chi connectivity index (χ4v) is 3.17. The first-order valence-corrected chi connectivity index (χ1v) is 8.30. The lowest BCUT2D eigenvalue weighted by Gasteiger charge is -2.07. The first kappa shape index (κ1) is 14.7. The van der Waals surface area contributed by atoms with E-state index in [0.717, 1.165) is 10.4 Å². The molecule has 110 valence electrons. The number of benzene rings is 1. The smallest absolute Gasteiger partial charge is 0.344 e. The highest BCUT2D eigenvalue weighted by Gasteiger charge is 2.15. The molecule has 0 aliphatic heterocycles. The van der Waals surface area contributed by atoms with Crippen molar-refractivity contribution < 1.29 is 13.9 Å². The van der Waals surface area contributed by atoms with Gasteiger partial charge in [-0.25, -0.2) is 9.18 Å². The van der Waals surface area contributed by atoms with E-state index in [-0.39, 0.29) is 5.82 Å². The Morgan fingerprint density at radius 3 is 2.55 bits per heavy atom. The van der Waals surface area contributed by atoms with Crippen molar-refractivity contribution in [1.29, 1.82) is 0 Å². The summed E-state index contributed by atoms with van der Waals surface area (Å²) in [5.74, 6) is -0.510. The number of thiophene rings is 2. The van der Waals surface area contributed by atoms with Crippen LogP contribution in [0.15, 0.2) is 58.6 Å². The number of rotatable bonds is 4. The monoisotopic (exact) mass is 330 g/mol. The van der Waals surface area contributed by atoms with Crippen LogP contribution in [0.4, 0.5) is 4.39 Å². The Hall–Kier alpha value is -2.24. The van der Waals surface area contributed by atoms with Crippen molar-refractivity contribution >= 4 is 40.3 Å². The Balaban J connectivity index is 1.89. The minimum atomic E-state index is -0.460. The normalized spacial score (nSPS) is 11.4. The molecule has 0 bridgehead atoms. The van der Waals surface area contributed by atoms with Crippen molar-refractivity contribution in [3.8, 4) is 5.75 Å². The van der Waals surface area contributed by atoms with Crippen LogP contribution in [0.25, 0.3) is 11.6 Å². The molecule has 5 heteroatoms. The van der Waals surface area contributed by atoms with E-state index in [0.29, 0.717) is 11.3 Å². The molecule has 0 radical (unpaired) electrons. The highest BCUT2D eigenvalue weighted by atomic mass is 32.1. The van der Waals surface area contributed by atoms with Crippen molar-refractivity contribution in [2.75, 3.05) is 0 Å². The van der Waals surface area contributed by atoms with Gasteiger partial charge >= 0.3 is 5.97 Å². The van der Waals surface area contributed by atoms with Crippen molar-refractivity contribution in [3.05, 3.63) is 74.9 Å². The zero-order valence-electron chi connectivity index (χ0n) is 11.4. The predicted octanol–water partition coefficient (Wildman–Crippen LogP) is 5.09. The molecule has 2 heterocycles. The van der Waals surface area contributed by atoms with Gasteiger partial charge in [-0.05, 0) is 64.2 Å². The summed E-state index contributed by atoms with van der Waals surface area (Å²) in [5, 5.41) is 5.75. The fraction of sp³-hybridized carbons (Fsp3) is 0. The molecule has 0 fully saturated rings. The van der Waals surface area contributed by atoms with Crippen molar-refractivity contribution in [1.82, 2.24) is 0 Å². The van der Waals surface area contributed by atoms with E-state index < -0.39 is 5.97 Å². The average Bonchev–Trinajstić information content (AvgIpc) is 3.20. The third kappa shape index (κ3) is 3.50. The Bertz CT molecular complexity index is 773. The van der Waals surface area contributed by atoms with Crippen LogP contribution < -0.4 is 4.74 Å². The van der Waals surface area contributed by atoms with Crippen LogP contribution in [0.5, 0.6) is 5.75 Å². The molecular formula is C17H11FO2S2. The zero-order chi connectivity index (χ0) is 15.4. The maximum atomic E-state index is 12.9. The summed E-state index contributed by atoms with van der Waals surface area (Å²) in [6, 6.07) is 11.1. The second-order valence-corrected chi connectivity index (χ2v) is 6.19. The molecule has 0 unspecified atom stereocenters. The van der Waals surface area contributed by atoms with Gasteiger partial charge in [-0.1, -0.05) is 6.07 Å². The van der Waals surface area contributed by atoms with Gasteiger partial charge in [0.1, 0.15) is 11.6 Å². The van der Waals surface area contributed by atoms with Crippen LogP contribution in [-0.2, 0) is 4.79 Å². The number of halogens is 1. The Morgan fingerprint density at radius 1 is 1.09 bits per heavy atom. The topological polar surface area (TPSA) is 26.3 Å². The molecule has 0 saturated carbocycles. The third-order valence-electron chi connectivity index (χ3n) is 2.91.